The molecular formula is C14H17NO. The topological polar surface area (TPSA) is 32.9 Å². The maximum atomic E-state index is 12.0. The molecule has 2 aromatic rings. The van der Waals surface area contributed by atoms with Crippen molar-refractivity contribution in [3.8, 4) is 0 Å². The van der Waals surface area contributed by atoms with Gasteiger partial charge in [0.05, 0.1) is 0 Å². The van der Waals surface area contributed by atoms with Gasteiger partial charge in [-0.3, -0.25) is 4.79 Å². The number of carbonyl (C=O) groups excluding carboxylic acids is 1. The molecule has 0 saturated heterocycles. The Hall–Kier alpha value is -1.57. The zero-order chi connectivity index (χ0) is 11.8. The lowest BCUT2D eigenvalue weighted by Crippen LogP contribution is -2.21. The molecule has 16 heavy (non-hydrogen) atoms. The van der Waals surface area contributed by atoms with E-state index in [9.17, 15) is 4.79 Å². The molecule has 1 N–H and O–H groups in total. The van der Waals surface area contributed by atoms with Crippen molar-refractivity contribution in [2.75, 3.05) is 0 Å². The summed E-state index contributed by atoms with van der Waals surface area (Å²) in [6.45, 7) is 5.89. The molecule has 1 aromatic heterocycles. The first kappa shape index (κ1) is 10.9. The van der Waals surface area contributed by atoms with E-state index in [1.807, 2.05) is 45.2 Å². The van der Waals surface area contributed by atoms with Crippen molar-refractivity contribution in [1.29, 1.82) is 0 Å². The highest BCUT2D eigenvalue weighted by Crippen LogP contribution is 2.22. The number of Topliss-reactive ketones (excluding diaryl/α,β-unsaturated/α-hetero) is 1. The number of H-pyrrole nitrogens is 1. The van der Waals surface area contributed by atoms with Gasteiger partial charge >= 0.3 is 0 Å². The minimum atomic E-state index is -0.266. The fourth-order valence-corrected chi connectivity index (χ4v) is 1.72. The monoisotopic (exact) mass is 215 g/mol. The maximum absolute atomic E-state index is 12.0. The average Bonchev–Trinajstić information content (AvgIpc) is 2.61. The molecule has 0 bridgehead atoms. The lowest BCUT2D eigenvalue weighted by atomic mass is 9.87. The molecule has 0 fully saturated rings. The zero-order valence-corrected chi connectivity index (χ0v) is 10.0. The summed E-state index contributed by atoms with van der Waals surface area (Å²) >= 11 is 0. The standard InChI is InChI=1S/C14H17NO/c1-14(2,3)13(16)8-10-9-15-12-7-5-4-6-11(10)12/h4-7,9,15H,8H2,1-3H3. The molecule has 0 spiro atoms. The van der Waals surface area contributed by atoms with Crippen molar-refractivity contribution >= 4 is 16.7 Å². The number of fused-ring (bicyclic) bond motifs is 1. The molecule has 1 heterocycles. The van der Waals surface area contributed by atoms with E-state index >= 15 is 0 Å². The van der Waals surface area contributed by atoms with Crippen LogP contribution in [0, 0.1) is 5.41 Å². The van der Waals surface area contributed by atoms with Crippen LogP contribution in [0.4, 0.5) is 0 Å². The van der Waals surface area contributed by atoms with Crippen LogP contribution in [0.2, 0.25) is 0 Å². The van der Waals surface area contributed by atoms with E-state index in [-0.39, 0.29) is 11.2 Å². The highest BCUT2D eigenvalue weighted by Gasteiger charge is 2.22. The van der Waals surface area contributed by atoms with Gasteiger partial charge in [0.25, 0.3) is 0 Å². The third-order valence-electron chi connectivity index (χ3n) is 2.86. The van der Waals surface area contributed by atoms with E-state index in [1.54, 1.807) is 0 Å². The highest BCUT2D eigenvalue weighted by atomic mass is 16.1. The van der Waals surface area contributed by atoms with Crippen LogP contribution >= 0.6 is 0 Å². The average molecular weight is 215 g/mol. The Balaban J connectivity index is 2.32. The van der Waals surface area contributed by atoms with E-state index in [4.69, 9.17) is 0 Å². The Kier molecular flexibility index (Phi) is 2.58. The molecule has 0 atom stereocenters. The van der Waals surface area contributed by atoms with Gasteiger partial charge in [-0.25, -0.2) is 0 Å². The Bertz CT molecular complexity index is 517. The predicted octanol–water partition coefficient (Wildman–Crippen LogP) is 3.33. The molecule has 0 saturated carbocycles. The third-order valence-corrected chi connectivity index (χ3v) is 2.86. The van der Waals surface area contributed by atoms with Crippen LogP contribution in [0.25, 0.3) is 10.9 Å². The Morgan fingerprint density at radius 3 is 2.62 bits per heavy atom. The maximum Gasteiger partial charge on any atom is 0.142 e. The van der Waals surface area contributed by atoms with Gasteiger partial charge in [-0.05, 0) is 11.6 Å². The lowest BCUT2D eigenvalue weighted by Gasteiger charge is -2.15. The number of ketones is 1. The summed E-state index contributed by atoms with van der Waals surface area (Å²) in [6.07, 6.45) is 2.45. The molecule has 0 aliphatic rings. The van der Waals surface area contributed by atoms with Gasteiger partial charge in [-0.1, -0.05) is 39.0 Å². The van der Waals surface area contributed by atoms with Crippen LogP contribution in [-0.2, 0) is 11.2 Å². The second kappa shape index (κ2) is 3.78. The normalized spacial score (nSPS) is 11.9. The molecule has 2 nitrogen and oxygen atoms in total. The largest absolute Gasteiger partial charge is 0.361 e. The zero-order valence-electron chi connectivity index (χ0n) is 10.0. The van der Waals surface area contributed by atoms with Crippen molar-refractivity contribution in [3.05, 3.63) is 36.0 Å². The van der Waals surface area contributed by atoms with Gasteiger partial charge in [0, 0.05) is 28.9 Å². The first-order valence-corrected chi connectivity index (χ1v) is 5.57. The molecule has 1 aromatic carbocycles. The van der Waals surface area contributed by atoms with Crippen molar-refractivity contribution < 1.29 is 4.79 Å². The van der Waals surface area contributed by atoms with Gasteiger partial charge in [-0.15, -0.1) is 0 Å². The van der Waals surface area contributed by atoms with Crippen molar-refractivity contribution in [2.24, 2.45) is 5.41 Å². The SMILES string of the molecule is CC(C)(C)C(=O)Cc1c[nH]c2ccccc12. The van der Waals surface area contributed by atoms with Gasteiger partial charge < -0.3 is 4.98 Å². The van der Waals surface area contributed by atoms with Crippen molar-refractivity contribution in [3.63, 3.8) is 0 Å². The number of carbonyl (C=O) groups is 1. The number of hydrogen-bond acceptors (Lipinski definition) is 1. The van der Waals surface area contributed by atoms with Crippen LogP contribution in [0.5, 0.6) is 0 Å². The van der Waals surface area contributed by atoms with Crippen LogP contribution in [0.1, 0.15) is 26.3 Å². The van der Waals surface area contributed by atoms with Crippen LogP contribution in [-0.4, -0.2) is 10.8 Å². The fraction of sp³-hybridized carbons (Fsp3) is 0.357. The van der Waals surface area contributed by atoms with E-state index in [0.29, 0.717) is 6.42 Å². The predicted molar refractivity (Wildman–Crippen MR) is 66.5 cm³/mol. The molecule has 2 rings (SSSR count). The van der Waals surface area contributed by atoms with E-state index < -0.39 is 0 Å². The molecule has 0 unspecified atom stereocenters. The van der Waals surface area contributed by atoms with E-state index in [1.165, 1.54) is 0 Å². The van der Waals surface area contributed by atoms with Gasteiger partial charge in [-0.2, -0.15) is 0 Å². The van der Waals surface area contributed by atoms with Gasteiger partial charge in [0.2, 0.25) is 0 Å². The Morgan fingerprint density at radius 1 is 1.25 bits per heavy atom. The van der Waals surface area contributed by atoms with Crippen molar-refractivity contribution in [2.45, 2.75) is 27.2 Å². The number of aromatic nitrogens is 1. The summed E-state index contributed by atoms with van der Waals surface area (Å²) in [5.41, 5.74) is 1.92. The van der Waals surface area contributed by atoms with Crippen LogP contribution in [0.3, 0.4) is 0 Å². The Morgan fingerprint density at radius 2 is 1.94 bits per heavy atom. The number of para-hydroxylation sites is 1. The number of rotatable bonds is 2. The summed E-state index contributed by atoms with van der Waals surface area (Å²) < 4.78 is 0. The first-order chi connectivity index (χ1) is 7.48. The number of aromatic amines is 1. The molecule has 84 valence electrons. The lowest BCUT2D eigenvalue weighted by molar-refractivity contribution is -0.125. The van der Waals surface area contributed by atoms with Crippen molar-refractivity contribution in [1.82, 2.24) is 4.98 Å². The second-order valence-electron chi connectivity index (χ2n) is 5.21. The molecule has 2 heteroatoms. The molecule has 0 radical (unpaired) electrons. The molecule has 0 aliphatic carbocycles. The van der Waals surface area contributed by atoms with Gasteiger partial charge in [0.15, 0.2) is 0 Å². The second-order valence-corrected chi connectivity index (χ2v) is 5.21. The van der Waals surface area contributed by atoms with E-state index in [2.05, 4.69) is 11.1 Å². The summed E-state index contributed by atoms with van der Waals surface area (Å²) in [5, 5.41) is 1.15. The quantitative estimate of drug-likeness (QED) is 0.819. The Labute approximate surface area is 95.7 Å². The molecular weight excluding hydrogens is 198 g/mol. The molecule has 0 aliphatic heterocycles. The summed E-state index contributed by atoms with van der Waals surface area (Å²) in [5.74, 6) is 0.275. The number of nitrogens with one attached hydrogen (secondary N) is 1. The first-order valence-electron chi connectivity index (χ1n) is 5.57. The molecule has 0 amide bonds. The smallest absolute Gasteiger partial charge is 0.142 e. The minimum absolute atomic E-state index is 0.266. The van der Waals surface area contributed by atoms with Gasteiger partial charge in [0.1, 0.15) is 5.78 Å². The van der Waals surface area contributed by atoms with E-state index in [0.717, 1.165) is 16.5 Å². The summed E-state index contributed by atoms with van der Waals surface area (Å²) in [4.78, 5) is 15.2. The summed E-state index contributed by atoms with van der Waals surface area (Å²) in [6, 6.07) is 8.08. The third kappa shape index (κ3) is 2.01. The van der Waals surface area contributed by atoms with Crippen LogP contribution in [0.15, 0.2) is 30.5 Å². The number of benzene rings is 1. The summed E-state index contributed by atoms with van der Waals surface area (Å²) in [7, 11) is 0. The minimum Gasteiger partial charge on any atom is -0.361 e. The number of hydrogen-bond donors (Lipinski definition) is 1. The van der Waals surface area contributed by atoms with Crippen LogP contribution < -0.4 is 0 Å². The highest BCUT2D eigenvalue weighted by molar-refractivity contribution is 5.91. The fourth-order valence-electron chi connectivity index (χ4n) is 1.72.